The van der Waals surface area contributed by atoms with Crippen LogP contribution < -0.4 is 0 Å². The quantitative estimate of drug-likeness (QED) is 0.542. The summed E-state index contributed by atoms with van der Waals surface area (Å²) in [7, 11) is 3.69. The van der Waals surface area contributed by atoms with Crippen molar-refractivity contribution >= 4 is 21.6 Å². The molecule has 0 aromatic heterocycles. The van der Waals surface area contributed by atoms with Crippen LogP contribution in [0.1, 0.15) is 0 Å². The largest absolute Gasteiger partial charge is 0.0854 e. The van der Waals surface area contributed by atoms with E-state index in [9.17, 15) is 0 Å². The molecule has 0 spiro atoms. The third-order valence-electron chi connectivity index (χ3n) is 0.384. The van der Waals surface area contributed by atoms with Crippen LogP contribution in [0.5, 0.6) is 0 Å². The summed E-state index contributed by atoms with van der Waals surface area (Å²) in [6, 6.07) is 0. The zero-order valence-corrected chi connectivity index (χ0v) is 7.27. The van der Waals surface area contributed by atoms with E-state index in [-0.39, 0.29) is 26.2 Å². The fourth-order valence-corrected chi connectivity index (χ4v) is 1.77. The molecule has 0 unspecified atom stereocenters. The summed E-state index contributed by atoms with van der Waals surface area (Å²) in [5.74, 6) is 1.20. The summed E-state index contributed by atoms with van der Waals surface area (Å²) in [5, 5.41) is 2.12. The predicted octanol–water partition coefficient (Wildman–Crippen LogP) is 1.89. The first-order valence-corrected chi connectivity index (χ1v) is 3.81. The number of rotatable bonds is 0. The molecule has 0 amide bonds. The van der Waals surface area contributed by atoms with E-state index in [0.717, 1.165) is 0 Å². The van der Waals surface area contributed by atoms with Gasteiger partial charge in [-0.25, -0.2) is 0 Å². The molecule has 0 fully saturated rings. The van der Waals surface area contributed by atoms with E-state index in [1.165, 1.54) is 5.75 Å². The van der Waals surface area contributed by atoms with Gasteiger partial charge in [-0.1, -0.05) is 27.7 Å². The summed E-state index contributed by atoms with van der Waals surface area (Å²) in [4.78, 5) is 0. The maximum Gasteiger partial charge on any atom is 0.0229 e. The van der Waals surface area contributed by atoms with Gasteiger partial charge in [-0.3, -0.25) is 0 Å². The van der Waals surface area contributed by atoms with Crippen molar-refractivity contribution in [3.8, 4) is 0 Å². The molecule has 0 N–H and O–H groups in total. The van der Waals surface area contributed by atoms with Crippen LogP contribution in [0.4, 0.5) is 0 Å². The fourth-order valence-electron chi connectivity index (χ4n) is 0.196. The first-order chi connectivity index (χ1) is 2.50. The molecule has 1 heterocycles. The van der Waals surface area contributed by atoms with E-state index in [2.05, 4.69) is 11.5 Å². The minimum Gasteiger partial charge on any atom is -0.0854 e. The molecule has 1 aliphatic heterocycles. The van der Waals surface area contributed by atoms with Gasteiger partial charge in [-0.2, -0.15) is 0 Å². The van der Waals surface area contributed by atoms with Crippen molar-refractivity contribution in [2.45, 2.75) is 0 Å². The molecule has 0 aromatic carbocycles. The van der Waals surface area contributed by atoms with Crippen LogP contribution >= 0.6 is 21.6 Å². The Labute approximate surface area is 64.7 Å². The average Bonchev–Trinajstić information content (AvgIpc) is 1.76. The van der Waals surface area contributed by atoms with Crippen molar-refractivity contribution in [2.75, 3.05) is 5.75 Å². The summed E-state index contributed by atoms with van der Waals surface area (Å²) in [5.41, 5.74) is 0. The monoisotopic (exact) mass is 194 g/mol. The van der Waals surface area contributed by atoms with Crippen LogP contribution in [0.25, 0.3) is 0 Å². The summed E-state index contributed by atoms with van der Waals surface area (Å²) < 4.78 is 0. The number of hydrogen-bond acceptors (Lipinski definition) is 2. The van der Waals surface area contributed by atoms with Crippen molar-refractivity contribution in [1.29, 1.82) is 0 Å². The summed E-state index contributed by atoms with van der Waals surface area (Å²) >= 11 is 0. The summed E-state index contributed by atoms with van der Waals surface area (Å²) in [6.07, 6.45) is 2.16. The maximum absolute atomic E-state index is 2.16. The molecular formula is C3H4S2Zr. The van der Waals surface area contributed by atoms with Crippen LogP contribution in [0, 0.1) is 0 Å². The Bertz CT molecular complexity index is 46.8. The fraction of sp³-hybridized carbons (Fsp3) is 0.333. The van der Waals surface area contributed by atoms with E-state index in [1.54, 1.807) is 0 Å². The molecule has 0 radical (unpaired) electrons. The van der Waals surface area contributed by atoms with E-state index >= 15 is 0 Å². The molecule has 0 aromatic rings. The third-order valence-corrected chi connectivity index (χ3v) is 2.30. The molecule has 0 saturated heterocycles. The molecule has 0 nitrogen and oxygen atoms in total. The van der Waals surface area contributed by atoms with Gasteiger partial charge >= 0.3 is 0 Å². The van der Waals surface area contributed by atoms with Crippen LogP contribution in [-0.2, 0) is 26.2 Å². The van der Waals surface area contributed by atoms with Crippen molar-refractivity contribution in [1.82, 2.24) is 0 Å². The zero-order chi connectivity index (χ0) is 3.54. The Morgan fingerprint density at radius 3 is 2.50 bits per heavy atom. The van der Waals surface area contributed by atoms with Crippen LogP contribution in [0.3, 0.4) is 0 Å². The van der Waals surface area contributed by atoms with E-state index in [1.807, 2.05) is 21.6 Å². The van der Waals surface area contributed by atoms with Gasteiger partial charge in [-0.05, 0) is 5.41 Å². The van der Waals surface area contributed by atoms with E-state index < -0.39 is 0 Å². The van der Waals surface area contributed by atoms with Gasteiger partial charge in [0.15, 0.2) is 0 Å². The Morgan fingerprint density at radius 2 is 2.33 bits per heavy atom. The standard InChI is InChI=1S/C3H4S2.Zr/c1-2-4-5-3-1;/h1-2H,3H2;. The minimum absolute atomic E-state index is 0. The molecule has 32 valence electrons. The second-order valence-electron chi connectivity index (χ2n) is 0.753. The molecule has 1 rings (SSSR count). The second-order valence-corrected chi connectivity index (χ2v) is 3.07. The zero-order valence-electron chi connectivity index (χ0n) is 3.18. The van der Waals surface area contributed by atoms with Crippen LogP contribution in [-0.4, -0.2) is 5.75 Å². The average molecular weight is 195 g/mol. The van der Waals surface area contributed by atoms with Crippen LogP contribution in [0.15, 0.2) is 11.5 Å². The maximum atomic E-state index is 2.16. The Hall–Kier alpha value is 1.32. The predicted molar refractivity (Wildman–Crippen MR) is 29.2 cm³/mol. The Morgan fingerprint density at radius 1 is 1.50 bits per heavy atom. The third kappa shape index (κ3) is 2.49. The van der Waals surface area contributed by atoms with Gasteiger partial charge in [0, 0.05) is 32.0 Å². The Kier molecular flexibility index (Phi) is 5.47. The van der Waals surface area contributed by atoms with Gasteiger partial charge in [0.25, 0.3) is 0 Å². The van der Waals surface area contributed by atoms with Crippen molar-refractivity contribution < 1.29 is 26.2 Å². The number of hydrogen-bond donors (Lipinski definition) is 0. The molecular weight excluding hydrogens is 191 g/mol. The summed E-state index contributed by atoms with van der Waals surface area (Å²) in [6.45, 7) is 0. The first-order valence-electron chi connectivity index (χ1n) is 1.43. The van der Waals surface area contributed by atoms with Crippen molar-refractivity contribution in [3.05, 3.63) is 11.5 Å². The molecule has 6 heavy (non-hydrogen) atoms. The van der Waals surface area contributed by atoms with Gasteiger partial charge in [0.05, 0.1) is 0 Å². The first kappa shape index (κ1) is 7.32. The van der Waals surface area contributed by atoms with Crippen molar-refractivity contribution in [3.63, 3.8) is 0 Å². The molecule has 0 aliphatic carbocycles. The topological polar surface area (TPSA) is 0 Å². The molecule has 3 heteroatoms. The SMILES string of the molecule is C1=CSSC1.[Zr]. The van der Waals surface area contributed by atoms with Gasteiger partial charge < -0.3 is 0 Å². The smallest absolute Gasteiger partial charge is 0.0229 e. The molecule has 0 atom stereocenters. The minimum atomic E-state index is 0. The molecule has 1 aliphatic rings. The normalized spacial score (nSPS) is 17.3. The van der Waals surface area contributed by atoms with E-state index in [4.69, 9.17) is 0 Å². The second kappa shape index (κ2) is 4.48. The van der Waals surface area contributed by atoms with Gasteiger partial charge in [0.1, 0.15) is 0 Å². The van der Waals surface area contributed by atoms with Gasteiger partial charge in [-0.15, -0.1) is 0 Å². The van der Waals surface area contributed by atoms with Crippen molar-refractivity contribution in [2.24, 2.45) is 0 Å². The van der Waals surface area contributed by atoms with E-state index in [0.29, 0.717) is 0 Å². The Balaban J connectivity index is 0.000000250. The van der Waals surface area contributed by atoms with Crippen LogP contribution in [0.2, 0.25) is 0 Å². The molecule has 0 bridgehead atoms. The van der Waals surface area contributed by atoms with Gasteiger partial charge in [0.2, 0.25) is 0 Å². The molecule has 0 saturated carbocycles.